The first-order valence-electron chi connectivity index (χ1n) is 7.33. The van der Waals surface area contributed by atoms with E-state index in [1.807, 2.05) is 0 Å². The molecule has 0 radical (unpaired) electrons. The predicted octanol–water partition coefficient (Wildman–Crippen LogP) is 1.09. The fourth-order valence-electron chi connectivity index (χ4n) is 4.08. The van der Waals surface area contributed by atoms with Crippen LogP contribution in [0.15, 0.2) is 0 Å². The highest BCUT2D eigenvalue weighted by molar-refractivity contribution is 7.89. The number of hydrogen-bond donors (Lipinski definition) is 2. The monoisotopic (exact) mass is 272 g/mol. The molecule has 0 spiro atoms. The Labute approximate surface area is 110 Å². The van der Waals surface area contributed by atoms with E-state index in [1.54, 1.807) is 0 Å². The number of sulfonamides is 1. The summed E-state index contributed by atoms with van der Waals surface area (Å²) in [6, 6.07) is 0.169. The second-order valence-corrected chi connectivity index (χ2v) is 8.21. The maximum Gasteiger partial charge on any atom is 0.213 e. The van der Waals surface area contributed by atoms with Crippen LogP contribution in [0, 0.1) is 17.8 Å². The molecule has 5 heteroatoms. The molecule has 18 heavy (non-hydrogen) atoms. The zero-order valence-corrected chi connectivity index (χ0v) is 11.7. The first-order valence-corrected chi connectivity index (χ1v) is 8.98. The van der Waals surface area contributed by atoms with Gasteiger partial charge in [-0.05, 0) is 56.4 Å². The van der Waals surface area contributed by atoms with E-state index < -0.39 is 10.0 Å². The van der Waals surface area contributed by atoms with Crippen molar-refractivity contribution < 1.29 is 8.42 Å². The van der Waals surface area contributed by atoms with Gasteiger partial charge in [0.1, 0.15) is 0 Å². The number of rotatable bonds is 5. The minimum Gasteiger partial charge on any atom is -0.313 e. The van der Waals surface area contributed by atoms with Crippen molar-refractivity contribution in [3.63, 3.8) is 0 Å². The fourth-order valence-corrected chi connectivity index (χ4v) is 5.48. The van der Waals surface area contributed by atoms with Gasteiger partial charge in [-0.25, -0.2) is 13.1 Å². The highest BCUT2D eigenvalue weighted by Crippen LogP contribution is 2.47. The van der Waals surface area contributed by atoms with Crippen molar-refractivity contribution in [3.05, 3.63) is 0 Å². The van der Waals surface area contributed by atoms with E-state index in [0.29, 0.717) is 12.5 Å². The van der Waals surface area contributed by atoms with E-state index in [2.05, 4.69) is 10.0 Å². The van der Waals surface area contributed by atoms with Crippen LogP contribution in [0.4, 0.5) is 0 Å². The van der Waals surface area contributed by atoms with Gasteiger partial charge in [-0.3, -0.25) is 0 Å². The van der Waals surface area contributed by atoms with Gasteiger partial charge in [-0.1, -0.05) is 6.42 Å². The lowest BCUT2D eigenvalue weighted by Crippen LogP contribution is -2.39. The Balaban J connectivity index is 1.46. The Hall–Kier alpha value is -0.130. The summed E-state index contributed by atoms with van der Waals surface area (Å²) in [5, 5.41) is 3.25. The van der Waals surface area contributed by atoms with E-state index in [1.165, 1.54) is 25.7 Å². The molecule has 4 atom stereocenters. The second-order valence-electron chi connectivity index (χ2n) is 6.36. The number of fused-ring (bicyclic) bond motifs is 2. The van der Waals surface area contributed by atoms with Crippen LogP contribution in [0.5, 0.6) is 0 Å². The van der Waals surface area contributed by atoms with Gasteiger partial charge in [-0.15, -0.1) is 0 Å². The van der Waals surface area contributed by atoms with Crippen molar-refractivity contribution in [1.82, 2.24) is 10.0 Å². The molecular formula is C13H24N2O2S. The molecule has 1 saturated heterocycles. The lowest BCUT2D eigenvalue weighted by atomic mass is 9.89. The molecule has 0 aromatic heterocycles. The first-order chi connectivity index (χ1) is 8.62. The van der Waals surface area contributed by atoms with Crippen LogP contribution >= 0.6 is 0 Å². The normalized spacial score (nSPS) is 39.6. The fraction of sp³-hybridized carbons (Fsp3) is 1.00. The van der Waals surface area contributed by atoms with Crippen molar-refractivity contribution in [2.24, 2.45) is 17.8 Å². The minimum atomic E-state index is -3.08. The molecular weight excluding hydrogens is 248 g/mol. The van der Waals surface area contributed by atoms with Gasteiger partial charge >= 0.3 is 0 Å². The molecule has 0 aromatic carbocycles. The molecule has 4 unspecified atom stereocenters. The largest absolute Gasteiger partial charge is 0.313 e. The lowest BCUT2D eigenvalue weighted by Gasteiger charge is -2.22. The van der Waals surface area contributed by atoms with E-state index in [0.717, 1.165) is 31.2 Å². The zero-order chi connectivity index (χ0) is 12.6. The van der Waals surface area contributed by atoms with E-state index in [9.17, 15) is 8.42 Å². The second kappa shape index (κ2) is 5.10. The maximum absolute atomic E-state index is 12.0. The summed E-state index contributed by atoms with van der Waals surface area (Å²) in [6.45, 7) is 1.64. The molecule has 3 rings (SSSR count). The quantitative estimate of drug-likeness (QED) is 0.788. The van der Waals surface area contributed by atoms with Crippen LogP contribution in [0.2, 0.25) is 0 Å². The van der Waals surface area contributed by atoms with E-state index >= 15 is 0 Å². The highest BCUT2D eigenvalue weighted by atomic mass is 32.2. The van der Waals surface area contributed by atoms with Crippen LogP contribution in [-0.4, -0.2) is 33.3 Å². The summed E-state index contributed by atoms with van der Waals surface area (Å²) in [6.07, 6.45) is 7.38. The van der Waals surface area contributed by atoms with Crippen molar-refractivity contribution in [1.29, 1.82) is 0 Å². The molecule has 2 N–H and O–H groups in total. The molecule has 104 valence electrons. The number of hydrogen-bond acceptors (Lipinski definition) is 3. The van der Waals surface area contributed by atoms with Gasteiger partial charge in [0.15, 0.2) is 0 Å². The molecule has 2 saturated carbocycles. The van der Waals surface area contributed by atoms with Crippen LogP contribution in [0.3, 0.4) is 0 Å². The Kier molecular flexibility index (Phi) is 3.65. The van der Waals surface area contributed by atoms with Crippen molar-refractivity contribution in [2.75, 3.05) is 18.8 Å². The molecule has 2 bridgehead atoms. The summed E-state index contributed by atoms with van der Waals surface area (Å²) in [5.74, 6) is 2.55. The molecule has 1 aliphatic heterocycles. The standard InChI is InChI=1S/C13H24N2O2S/c16-18(17,9-13-2-1-5-14-13)15-8-12-7-10-3-4-11(12)6-10/h10-15H,1-9H2. The Morgan fingerprint density at radius 3 is 2.67 bits per heavy atom. The van der Waals surface area contributed by atoms with Gasteiger partial charge in [0.25, 0.3) is 0 Å². The number of nitrogens with one attached hydrogen (secondary N) is 2. The van der Waals surface area contributed by atoms with Crippen LogP contribution in [0.25, 0.3) is 0 Å². The van der Waals surface area contributed by atoms with Gasteiger partial charge in [0, 0.05) is 12.6 Å². The van der Waals surface area contributed by atoms with Gasteiger partial charge in [0.05, 0.1) is 5.75 Å². The Morgan fingerprint density at radius 2 is 2.06 bits per heavy atom. The van der Waals surface area contributed by atoms with Crippen LogP contribution in [-0.2, 0) is 10.0 Å². The molecule has 1 heterocycles. The van der Waals surface area contributed by atoms with Crippen LogP contribution < -0.4 is 10.0 Å². The first kappa shape index (κ1) is 12.9. The lowest BCUT2D eigenvalue weighted by molar-refractivity contribution is 0.332. The SMILES string of the molecule is O=S(=O)(CC1CCCN1)NCC1CC2CCC1C2. The van der Waals surface area contributed by atoms with Crippen molar-refractivity contribution >= 4 is 10.0 Å². The highest BCUT2D eigenvalue weighted by Gasteiger charge is 2.39. The third-order valence-electron chi connectivity index (χ3n) is 5.03. The van der Waals surface area contributed by atoms with Crippen LogP contribution in [0.1, 0.15) is 38.5 Å². The van der Waals surface area contributed by atoms with E-state index in [4.69, 9.17) is 0 Å². The average molecular weight is 272 g/mol. The zero-order valence-electron chi connectivity index (χ0n) is 10.9. The summed E-state index contributed by atoms with van der Waals surface area (Å²) in [5.41, 5.74) is 0. The third kappa shape index (κ3) is 2.89. The van der Waals surface area contributed by atoms with Gasteiger partial charge < -0.3 is 5.32 Å². The summed E-state index contributed by atoms with van der Waals surface area (Å²) in [4.78, 5) is 0. The molecule has 2 aliphatic carbocycles. The maximum atomic E-state index is 12.0. The van der Waals surface area contributed by atoms with E-state index in [-0.39, 0.29) is 11.8 Å². The molecule has 0 amide bonds. The topological polar surface area (TPSA) is 58.2 Å². The molecule has 3 fully saturated rings. The molecule has 0 aromatic rings. The smallest absolute Gasteiger partial charge is 0.213 e. The summed E-state index contributed by atoms with van der Waals surface area (Å²) < 4.78 is 26.8. The Morgan fingerprint density at radius 1 is 1.17 bits per heavy atom. The predicted molar refractivity (Wildman–Crippen MR) is 71.8 cm³/mol. The van der Waals surface area contributed by atoms with Crippen molar-refractivity contribution in [2.45, 2.75) is 44.6 Å². The average Bonchev–Trinajstić information content (AvgIpc) is 3.01. The third-order valence-corrected chi connectivity index (χ3v) is 6.48. The Bertz CT molecular complexity index is 390. The van der Waals surface area contributed by atoms with Crippen molar-refractivity contribution in [3.8, 4) is 0 Å². The van der Waals surface area contributed by atoms with Gasteiger partial charge in [0.2, 0.25) is 10.0 Å². The summed E-state index contributed by atoms with van der Waals surface area (Å²) in [7, 11) is -3.08. The molecule has 3 aliphatic rings. The summed E-state index contributed by atoms with van der Waals surface area (Å²) >= 11 is 0. The molecule has 4 nitrogen and oxygen atoms in total. The van der Waals surface area contributed by atoms with Gasteiger partial charge in [-0.2, -0.15) is 0 Å². The minimum absolute atomic E-state index is 0.169.